The molecule has 4 rings (SSSR count). The first-order valence-corrected chi connectivity index (χ1v) is 11.4. The van der Waals surface area contributed by atoms with Crippen molar-refractivity contribution in [3.8, 4) is 23.3 Å². The van der Waals surface area contributed by atoms with Gasteiger partial charge in [-0.3, -0.25) is 4.79 Å². The zero-order chi connectivity index (χ0) is 23.5. The Morgan fingerprint density at radius 2 is 1.85 bits per heavy atom. The van der Waals surface area contributed by atoms with E-state index in [1.54, 1.807) is 42.5 Å². The predicted molar refractivity (Wildman–Crippen MR) is 132 cm³/mol. The lowest BCUT2D eigenvalue weighted by atomic mass is 10.1. The van der Waals surface area contributed by atoms with Gasteiger partial charge in [0.25, 0.3) is 0 Å². The summed E-state index contributed by atoms with van der Waals surface area (Å²) in [5.41, 5.74) is 3.21. The Morgan fingerprint density at radius 3 is 2.55 bits per heavy atom. The van der Waals surface area contributed by atoms with Crippen LogP contribution in [0.3, 0.4) is 0 Å². The van der Waals surface area contributed by atoms with Gasteiger partial charge in [-0.25, -0.2) is 4.39 Å². The summed E-state index contributed by atoms with van der Waals surface area (Å²) < 4.78 is 25.2. The van der Waals surface area contributed by atoms with Crippen molar-refractivity contribution < 1.29 is 9.13 Å². The molecule has 4 aromatic rings. The lowest BCUT2D eigenvalue weighted by molar-refractivity contribution is 0.470. The number of ether oxygens (including phenoxy) is 1. The molecular formula is C26H22FN3O2S. The number of nitrogens with one attached hydrogen (secondary N) is 1. The SMILES string of the molecule is CCSNc1ccc(Oc2c(C)cc(F)cc2C)c(-n2cc(C#N)c(=O)c3ccccc32)c1. The molecule has 0 atom stereocenters. The lowest BCUT2D eigenvalue weighted by Crippen LogP contribution is -2.12. The Kier molecular flexibility index (Phi) is 6.38. The van der Waals surface area contributed by atoms with E-state index in [2.05, 4.69) is 4.72 Å². The molecular weight excluding hydrogens is 437 g/mol. The van der Waals surface area contributed by atoms with Crippen LogP contribution in [0.2, 0.25) is 0 Å². The van der Waals surface area contributed by atoms with Gasteiger partial charge in [-0.2, -0.15) is 5.26 Å². The summed E-state index contributed by atoms with van der Waals surface area (Å²) in [6, 6.07) is 17.6. The average Bonchev–Trinajstić information content (AvgIpc) is 2.81. The molecule has 3 aromatic carbocycles. The van der Waals surface area contributed by atoms with Crippen molar-refractivity contribution in [2.75, 3.05) is 10.5 Å². The highest BCUT2D eigenvalue weighted by molar-refractivity contribution is 8.00. The fourth-order valence-electron chi connectivity index (χ4n) is 3.74. The van der Waals surface area contributed by atoms with Crippen LogP contribution in [0.5, 0.6) is 11.5 Å². The van der Waals surface area contributed by atoms with Crippen molar-refractivity contribution in [3.63, 3.8) is 0 Å². The molecule has 0 radical (unpaired) electrons. The second-order valence-electron chi connectivity index (χ2n) is 7.56. The molecule has 7 heteroatoms. The Morgan fingerprint density at radius 1 is 1.12 bits per heavy atom. The van der Waals surface area contributed by atoms with Crippen molar-refractivity contribution in [3.05, 3.63) is 93.5 Å². The van der Waals surface area contributed by atoms with Crippen LogP contribution < -0.4 is 14.9 Å². The highest BCUT2D eigenvalue weighted by Crippen LogP contribution is 2.36. The van der Waals surface area contributed by atoms with Crippen LogP contribution in [0.15, 0.2) is 65.6 Å². The molecule has 0 aliphatic carbocycles. The van der Waals surface area contributed by atoms with Gasteiger partial charge in [-0.1, -0.05) is 31.0 Å². The summed E-state index contributed by atoms with van der Waals surface area (Å²) in [5, 5.41) is 10.0. The number of nitriles is 1. The van der Waals surface area contributed by atoms with E-state index in [0.29, 0.717) is 39.2 Å². The number of nitrogens with zero attached hydrogens (tertiary/aromatic N) is 2. The van der Waals surface area contributed by atoms with Crippen molar-refractivity contribution in [2.45, 2.75) is 20.8 Å². The molecule has 1 N–H and O–H groups in total. The molecule has 0 amide bonds. The van der Waals surface area contributed by atoms with Crippen molar-refractivity contribution in [1.29, 1.82) is 5.26 Å². The van der Waals surface area contributed by atoms with Gasteiger partial charge in [0.2, 0.25) is 5.43 Å². The fourth-order valence-corrected chi connectivity index (χ4v) is 4.17. The standard InChI is InChI=1S/C26H22FN3O2S/c1-4-33-29-20-9-10-24(32-26-16(2)11-19(27)12-17(26)3)23(13-20)30-15-18(14-28)25(31)21-7-5-6-8-22(21)30/h5-13,15,29H,4H2,1-3H3. The van der Waals surface area contributed by atoms with Crippen LogP contribution in [0, 0.1) is 31.0 Å². The molecule has 0 saturated carbocycles. The molecule has 0 spiro atoms. The summed E-state index contributed by atoms with van der Waals surface area (Å²) in [4.78, 5) is 12.7. The Bertz CT molecular complexity index is 1430. The van der Waals surface area contributed by atoms with Gasteiger partial charge in [0.15, 0.2) is 5.75 Å². The second kappa shape index (κ2) is 9.39. The molecule has 0 aliphatic rings. The monoisotopic (exact) mass is 459 g/mol. The average molecular weight is 460 g/mol. The minimum absolute atomic E-state index is 0.0371. The number of para-hydroxylation sites is 1. The zero-order valence-electron chi connectivity index (χ0n) is 18.5. The van der Waals surface area contributed by atoms with Crippen LogP contribution in [-0.2, 0) is 0 Å². The van der Waals surface area contributed by atoms with Gasteiger partial charge in [0, 0.05) is 23.0 Å². The lowest BCUT2D eigenvalue weighted by Gasteiger charge is -2.19. The molecule has 1 heterocycles. The first-order chi connectivity index (χ1) is 15.9. The van der Waals surface area contributed by atoms with E-state index in [1.165, 1.54) is 18.3 Å². The highest BCUT2D eigenvalue weighted by Gasteiger charge is 2.16. The van der Waals surface area contributed by atoms with E-state index in [-0.39, 0.29) is 16.8 Å². The molecule has 0 aliphatic heterocycles. The van der Waals surface area contributed by atoms with Gasteiger partial charge in [-0.15, -0.1) is 0 Å². The van der Waals surface area contributed by atoms with E-state index in [0.717, 1.165) is 11.4 Å². The van der Waals surface area contributed by atoms with Crippen LogP contribution in [0.4, 0.5) is 10.1 Å². The van der Waals surface area contributed by atoms with Gasteiger partial charge in [0.05, 0.1) is 11.2 Å². The van der Waals surface area contributed by atoms with Gasteiger partial charge < -0.3 is 14.0 Å². The number of pyridine rings is 1. The summed E-state index contributed by atoms with van der Waals surface area (Å²) in [6.45, 7) is 5.63. The topological polar surface area (TPSA) is 67.0 Å². The number of aryl methyl sites for hydroxylation is 2. The van der Waals surface area contributed by atoms with Gasteiger partial charge in [-0.05, 0) is 67.4 Å². The normalized spacial score (nSPS) is 10.8. The predicted octanol–water partition coefficient (Wildman–Crippen LogP) is 6.49. The molecule has 166 valence electrons. The van der Waals surface area contributed by atoms with E-state index in [4.69, 9.17) is 4.74 Å². The maximum absolute atomic E-state index is 13.8. The Labute approximate surface area is 195 Å². The fraction of sp³-hybridized carbons (Fsp3) is 0.154. The molecule has 1 aromatic heterocycles. The minimum Gasteiger partial charge on any atom is -0.455 e. The van der Waals surface area contributed by atoms with Crippen LogP contribution in [-0.4, -0.2) is 10.3 Å². The number of rotatable bonds is 6. The van der Waals surface area contributed by atoms with Crippen LogP contribution in [0.1, 0.15) is 23.6 Å². The van der Waals surface area contributed by atoms with Crippen LogP contribution in [0.25, 0.3) is 16.6 Å². The number of halogens is 1. The van der Waals surface area contributed by atoms with E-state index >= 15 is 0 Å². The molecule has 33 heavy (non-hydrogen) atoms. The Hall–Kier alpha value is -3.76. The molecule has 0 fully saturated rings. The maximum Gasteiger partial charge on any atom is 0.207 e. The number of benzene rings is 3. The minimum atomic E-state index is -0.321. The largest absolute Gasteiger partial charge is 0.455 e. The van der Waals surface area contributed by atoms with E-state index in [1.807, 2.05) is 43.3 Å². The molecule has 0 unspecified atom stereocenters. The molecule has 0 bridgehead atoms. The number of anilines is 1. The third kappa shape index (κ3) is 4.43. The quantitative estimate of drug-likeness (QED) is 0.334. The molecule has 0 saturated heterocycles. The summed E-state index contributed by atoms with van der Waals surface area (Å²) in [5.74, 6) is 1.63. The summed E-state index contributed by atoms with van der Waals surface area (Å²) >= 11 is 1.55. The number of aromatic nitrogens is 1. The number of hydrogen-bond donors (Lipinski definition) is 1. The smallest absolute Gasteiger partial charge is 0.207 e. The van der Waals surface area contributed by atoms with E-state index in [9.17, 15) is 14.4 Å². The zero-order valence-corrected chi connectivity index (χ0v) is 19.3. The van der Waals surface area contributed by atoms with Crippen molar-refractivity contribution >= 4 is 28.5 Å². The van der Waals surface area contributed by atoms with Gasteiger partial charge >= 0.3 is 0 Å². The first-order valence-electron chi connectivity index (χ1n) is 10.4. The van der Waals surface area contributed by atoms with E-state index < -0.39 is 0 Å². The van der Waals surface area contributed by atoms with Crippen molar-refractivity contribution in [1.82, 2.24) is 4.57 Å². The first kappa shape index (κ1) is 22.4. The third-order valence-electron chi connectivity index (χ3n) is 5.22. The number of hydrogen-bond acceptors (Lipinski definition) is 5. The third-order valence-corrected chi connectivity index (χ3v) is 5.89. The maximum atomic E-state index is 13.8. The summed E-state index contributed by atoms with van der Waals surface area (Å²) in [6.07, 6.45) is 1.54. The summed E-state index contributed by atoms with van der Waals surface area (Å²) in [7, 11) is 0. The highest BCUT2D eigenvalue weighted by atomic mass is 32.2. The van der Waals surface area contributed by atoms with Crippen molar-refractivity contribution in [2.24, 2.45) is 0 Å². The second-order valence-corrected chi connectivity index (χ2v) is 8.63. The molecule has 5 nitrogen and oxygen atoms in total. The Balaban J connectivity index is 1.97. The number of fused-ring (bicyclic) bond motifs is 1. The van der Waals surface area contributed by atoms with Gasteiger partial charge in [0.1, 0.15) is 23.2 Å². The van der Waals surface area contributed by atoms with Crippen LogP contribution >= 0.6 is 11.9 Å².